The molecule has 1 aromatic carbocycles. The van der Waals surface area contributed by atoms with Crippen LogP contribution >= 0.6 is 0 Å². The Balaban J connectivity index is 3.25. The van der Waals surface area contributed by atoms with E-state index in [9.17, 15) is 9.59 Å². The maximum Gasteiger partial charge on any atom is 0.341 e. The fraction of sp³-hybridized carbons (Fsp3) is 0.429. The average Bonchev–Trinajstić information content (AvgIpc) is 2.38. The van der Waals surface area contributed by atoms with Crippen molar-refractivity contribution in [1.82, 2.24) is 0 Å². The molecule has 1 aromatic rings. The number of ether oxygens (including phenoxy) is 2. The number of hydrogen-bond donors (Lipinski definition) is 0. The van der Waals surface area contributed by atoms with Gasteiger partial charge in [0.05, 0.1) is 18.8 Å². The molecule has 0 spiro atoms. The van der Waals surface area contributed by atoms with Gasteiger partial charge in [0.25, 0.3) is 0 Å². The minimum Gasteiger partial charge on any atom is -0.492 e. The molecule has 0 saturated carbocycles. The summed E-state index contributed by atoms with van der Waals surface area (Å²) in [6, 6.07) is 4.94. The van der Waals surface area contributed by atoms with Crippen LogP contribution in [-0.4, -0.2) is 25.0 Å². The predicted molar refractivity (Wildman–Crippen MR) is 68.2 cm³/mol. The van der Waals surface area contributed by atoms with Gasteiger partial charge in [-0.3, -0.25) is 4.79 Å². The highest BCUT2D eigenvalue weighted by Crippen LogP contribution is 2.26. The van der Waals surface area contributed by atoms with Crippen LogP contribution in [0.3, 0.4) is 0 Å². The molecule has 0 aliphatic heterocycles. The monoisotopic (exact) mass is 250 g/mol. The second-order valence-electron chi connectivity index (χ2n) is 3.61. The Labute approximate surface area is 107 Å². The van der Waals surface area contributed by atoms with Crippen molar-refractivity contribution in [2.24, 2.45) is 0 Å². The summed E-state index contributed by atoms with van der Waals surface area (Å²) in [5, 5.41) is 0. The molecule has 0 fully saturated rings. The third-order valence-electron chi connectivity index (χ3n) is 2.42. The Kier molecular flexibility index (Phi) is 5.36. The molecule has 0 unspecified atom stereocenters. The molecule has 0 bridgehead atoms. The topological polar surface area (TPSA) is 52.6 Å². The molecule has 0 aliphatic carbocycles. The van der Waals surface area contributed by atoms with Crippen LogP contribution in [0.5, 0.6) is 5.75 Å². The SMILES string of the molecule is CCOC(=O)c1cccc(C(=O)CC)c1OCC. The van der Waals surface area contributed by atoms with Crippen LogP contribution in [-0.2, 0) is 4.74 Å². The van der Waals surface area contributed by atoms with Gasteiger partial charge in [0.15, 0.2) is 5.78 Å². The zero-order chi connectivity index (χ0) is 13.5. The largest absolute Gasteiger partial charge is 0.492 e. The number of carbonyl (C=O) groups excluding carboxylic acids is 2. The third kappa shape index (κ3) is 3.09. The zero-order valence-corrected chi connectivity index (χ0v) is 11.0. The van der Waals surface area contributed by atoms with E-state index >= 15 is 0 Å². The van der Waals surface area contributed by atoms with E-state index in [-0.39, 0.29) is 12.4 Å². The molecule has 0 N–H and O–H groups in total. The summed E-state index contributed by atoms with van der Waals surface area (Å²) in [6.45, 7) is 5.99. The predicted octanol–water partition coefficient (Wildman–Crippen LogP) is 2.85. The van der Waals surface area contributed by atoms with E-state index in [4.69, 9.17) is 9.47 Å². The summed E-state index contributed by atoms with van der Waals surface area (Å²) >= 11 is 0. The highest BCUT2D eigenvalue weighted by molar-refractivity contribution is 6.03. The second-order valence-corrected chi connectivity index (χ2v) is 3.61. The number of ketones is 1. The number of carbonyl (C=O) groups is 2. The lowest BCUT2D eigenvalue weighted by molar-refractivity contribution is 0.0522. The van der Waals surface area contributed by atoms with Gasteiger partial charge in [0.2, 0.25) is 0 Å². The number of benzene rings is 1. The molecule has 4 nitrogen and oxygen atoms in total. The molecule has 0 radical (unpaired) electrons. The summed E-state index contributed by atoms with van der Waals surface area (Å²) in [5.74, 6) is -0.193. The Hall–Kier alpha value is -1.84. The van der Waals surface area contributed by atoms with Crippen molar-refractivity contribution >= 4 is 11.8 Å². The number of esters is 1. The molecule has 0 heterocycles. The number of para-hydroxylation sites is 1. The number of hydrogen-bond acceptors (Lipinski definition) is 4. The lowest BCUT2D eigenvalue weighted by Crippen LogP contribution is -2.11. The first-order valence-corrected chi connectivity index (χ1v) is 6.11. The van der Waals surface area contributed by atoms with Gasteiger partial charge >= 0.3 is 5.97 Å². The van der Waals surface area contributed by atoms with Crippen molar-refractivity contribution < 1.29 is 19.1 Å². The van der Waals surface area contributed by atoms with Crippen molar-refractivity contribution in [3.05, 3.63) is 29.3 Å². The first kappa shape index (κ1) is 14.2. The van der Waals surface area contributed by atoms with Crippen molar-refractivity contribution in [1.29, 1.82) is 0 Å². The normalized spacial score (nSPS) is 9.94. The highest BCUT2D eigenvalue weighted by atomic mass is 16.5. The van der Waals surface area contributed by atoms with Gasteiger partial charge in [-0.15, -0.1) is 0 Å². The van der Waals surface area contributed by atoms with E-state index in [0.717, 1.165) is 0 Å². The van der Waals surface area contributed by atoms with E-state index in [1.54, 1.807) is 32.0 Å². The summed E-state index contributed by atoms with van der Waals surface area (Å²) in [7, 11) is 0. The van der Waals surface area contributed by atoms with Crippen LogP contribution in [0.4, 0.5) is 0 Å². The highest BCUT2D eigenvalue weighted by Gasteiger charge is 2.20. The molecule has 0 atom stereocenters. The fourth-order valence-electron chi connectivity index (χ4n) is 1.62. The van der Waals surface area contributed by atoms with Crippen LogP contribution in [0.15, 0.2) is 18.2 Å². The molecule has 1 rings (SSSR count). The first-order chi connectivity index (χ1) is 8.65. The average molecular weight is 250 g/mol. The minimum absolute atomic E-state index is 0.0513. The smallest absolute Gasteiger partial charge is 0.341 e. The van der Waals surface area contributed by atoms with Crippen LogP contribution in [0.25, 0.3) is 0 Å². The summed E-state index contributed by atoms with van der Waals surface area (Å²) < 4.78 is 10.4. The molecular formula is C14H18O4. The molecule has 98 valence electrons. The van der Waals surface area contributed by atoms with Crippen LogP contribution in [0, 0.1) is 0 Å². The zero-order valence-electron chi connectivity index (χ0n) is 11.0. The van der Waals surface area contributed by atoms with Crippen molar-refractivity contribution in [2.75, 3.05) is 13.2 Å². The van der Waals surface area contributed by atoms with Gasteiger partial charge in [-0.2, -0.15) is 0 Å². The van der Waals surface area contributed by atoms with Gasteiger partial charge in [-0.05, 0) is 26.0 Å². The van der Waals surface area contributed by atoms with Gasteiger partial charge in [0.1, 0.15) is 11.3 Å². The Morgan fingerprint density at radius 2 is 1.72 bits per heavy atom. The van der Waals surface area contributed by atoms with Gasteiger partial charge in [-0.1, -0.05) is 13.0 Å². The van der Waals surface area contributed by atoms with Crippen molar-refractivity contribution in [3.8, 4) is 5.75 Å². The van der Waals surface area contributed by atoms with Crippen LogP contribution in [0.2, 0.25) is 0 Å². The van der Waals surface area contributed by atoms with Crippen molar-refractivity contribution in [2.45, 2.75) is 27.2 Å². The standard InChI is InChI=1S/C14H18O4/c1-4-12(15)10-8-7-9-11(13(10)17-5-2)14(16)18-6-3/h7-9H,4-6H2,1-3H3. The lowest BCUT2D eigenvalue weighted by Gasteiger charge is -2.13. The first-order valence-electron chi connectivity index (χ1n) is 6.11. The van der Waals surface area contributed by atoms with Gasteiger partial charge < -0.3 is 9.47 Å². The summed E-state index contributed by atoms with van der Waals surface area (Å²) in [4.78, 5) is 23.6. The number of Topliss-reactive ketones (excluding diaryl/α,β-unsaturated/α-hetero) is 1. The van der Waals surface area contributed by atoms with Crippen molar-refractivity contribution in [3.63, 3.8) is 0 Å². The molecule has 0 aromatic heterocycles. The van der Waals surface area contributed by atoms with E-state index < -0.39 is 5.97 Å². The van der Waals surface area contributed by atoms with E-state index in [1.807, 2.05) is 6.92 Å². The minimum atomic E-state index is -0.466. The summed E-state index contributed by atoms with van der Waals surface area (Å²) in [5.41, 5.74) is 0.739. The maximum atomic E-state index is 11.8. The van der Waals surface area contributed by atoms with E-state index in [2.05, 4.69) is 0 Å². The quantitative estimate of drug-likeness (QED) is 0.575. The Bertz CT molecular complexity index is 437. The van der Waals surface area contributed by atoms with Gasteiger partial charge in [0, 0.05) is 6.42 Å². The molecule has 0 amide bonds. The molecule has 18 heavy (non-hydrogen) atoms. The van der Waals surface area contributed by atoms with E-state index in [0.29, 0.717) is 29.9 Å². The van der Waals surface area contributed by atoms with Crippen LogP contribution < -0.4 is 4.74 Å². The maximum absolute atomic E-state index is 11.8. The molecular weight excluding hydrogens is 232 g/mol. The van der Waals surface area contributed by atoms with Gasteiger partial charge in [-0.25, -0.2) is 4.79 Å². The molecule has 0 aliphatic rings. The number of rotatable bonds is 6. The molecule has 0 saturated heterocycles. The fourth-order valence-corrected chi connectivity index (χ4v) is 1.62. The Morgan fingerprint density at radius 3 is 2.28 bits per heavy atom. The lowest BCUT2D eigenvalue weighted by atomic mass is 10.0. The second kappa shape index (κ2) is 6.79. The van der Waals surface area contributed by atoms with Crippen LogP contribution in [0.1, 0.15) is 47.9 Å². The third-order valence-corrected chi connectivity index (χ3v) is 2.42. The molecule has 4 heteroatoms. The Morgan fingerprint density at radius 1 is 1.06 bits per heavy atom. The van der Waals surface area contributed by atoms with E-state index in [1.165, 1.54) is 0 Å². The summed E-state index contributed by atoms with van der Waals surface area (Å²) in [6.07, 6.45) is 0.367.